The molecule has 20 heavy (non-hydrogen) atoms. The summed E-state index contributed by atoms with van der Waals surface area (Å²) in [6, 6.07) is 0.353. The third-order valence-electron chi connectivity index (χ3n) is 3.02. The molecule has 1 fully saturated rings. The van der Waals surface area contributed by atoms with Gasteiger partial charge in [0.25, 0.3) is 0 Å². The number of alkyl carbamates (subject to hydrolysis) is 1. The second kappa shape index (κ2) is 6.21. The zero-order valence-corrected chi connectivity index (χ0v) is 12.3. The summed E-state index contributed by atoms with van der Waals surface area (Å²) in [5, 5.41) is 14.2. The molecule has 2 N–H and O–H groups in total. The van der Waals surface area contributed by atoms with Crippen molar-refractivity contribution in [1.82, 2.24) is 25.6 Å². The standard InChI is InChI=1S/C13H23N5O2/c1-13(2,3)20-12(19)15-7-10-9-18(17-16-10)11-5-4-6-14-8-11/h9,11,14H,4-8H2,1-3H3,(H,15,19). The van der Waals surface area contributed by atoms with Gasteiger partial charge in [-0.1, -0.05) is 5.21 Å². The van der Waals surface area contributed by atoms with Gasteiger partial charge in [-0.25, -0.2) is 9.48 Å². The number of aromatic nitrogens is 3. The van der Waals surface area contributed by atoms with E-state index in [1.807, 2.05) is 31.6 Å². The molecule has 0 aromatic carbocycles. The molecule has 112 valence electrons. The van der Waals surface area contributed by atoms with E-state index in [9.17, 15) is 4.79 Å². The maximum atomic E-state index is 11.5. The van der Waals surface area contributed by atoms with Crippen molar-refractivity contribution in [2.75, 3.05) is 13.1 Å². The maximum absolute atomic E-state index is 11.5. The van der Waals surface area contributed by atoms with Crippen molar-refractivity contribution in [2.24, 2.45) is 0 Å². The third-order valence-corrected chi connectivity index (χ3v) is 3.02. The molecule has 0 aliphatic carbocycles. The smallest absolute Gasteiger partial charge is 0.407 e. The molecule has 7 nitrogen and oxygen atoms in total. The molecule has 0 saturated carbocycles. The number of ether oxygens (including phenoxy) is 1. The molecule has 2 rings (SSSR count). The lowest BCUT2D eigenvalue weighted by Crippen LogP contribution is -2.32. The predicted octanol–water partition coefficient (Wildman–Crippen LogP) is 1.23. The van der Waals surface area contributed by atoms with Crippen LogP contribution >= 0.6 is 0 Å². The van der Waals surface area contributed by atoms with Gasteiger partial charge in [-0.2, -0.15) is 0 Å². The van der Waals surface area contributed by atoms with E-state index in [0.717, 1.165) is 31.6 Å². The Morgan fingerprint density at radius 2 is 2.40 bits per heavy atom. The van der Waals surface area contributed by atoms with E-state index in [4.69, 9.17) is 4.74 Å². The first-order chi connectivity index (χ1) is 9.44. The Bertz CT molecular complexity index is 446. The normalized spacial score (nSPS) is 19.6. The van der Waals surface area contributed by atoms with Gasteiger partial charge in [0.15, 0.2) is 0 Å². The Kier molecular flexibility index (Phi) is 4.59. The SMILES string of the molecule is CC(C)(C)OC(=O)NCc1cn(C2CCCNC2)nn1. The fourth-order valence-electron chi connectivity index (χ4n) is 2.11. The first kappa shape index (κ1) is 14.8. The highest BCUT2D eigenvalue weighted by Gasteiger charge is 2.18. The Morgan fingerprint density at radius 3 is 3.05 bits per heavy atom. The number of carbonyl (C=O) groups is 1. The molecular formula is C13H23N5O2. The van der Waals surface area contributed by atoms with Gasteiger partial charge in [-0.3, -0.25) is 0 Å². The van der Waals surface area contributed by atoms with Crippen LogP contribution in [0, 0.1) is 0 Å². The molecule has 0 radical (unpaired) electrons. The lowest BCUT2D eigenvalue weighted by molar-refractivity contribution is 0.0523. The van der Waals surface area contributed by atoms with Crippen LogP contribution in [0.5, 0.6) is 0 Å². The summed E-state index contributed by atoms with van der Waals surface area (Å²) in [7, 11) is 0. The topological polar surface area (TPSA) is 81.1 Å². The van der Waals surface area contributed by atoms with Gasteiger partial charge in [0, 0.05) is 6.54 Å². The van der Waals surface area contributed by atoms with E-state index >= 15 is 0 Å². The van der Waals surface area contributed by atoms with Gasteiger partial charge in [-0.05, 0) is 40.2 Å². The number of hydrogen-bond acceptors (Lipinski definition) is 5. The first-order valence-corrected chi connectivity index (χ1v) is 7.02. The van der Waals surface area contributed by atoms with E-state index in [1.54, 1.807) is 0 Å². The Balaban J connectivity index is 1.82. The van der Waals surface area contributed by atoms with E-state index < -0.39 is 11.7 Å². The van der Waals surface area contributed by atoms with Crippen LogP contribution in [-0.2, 0) is 11.3 Å². The predicted molar refractivity (Wildman–Crippen MR) is 74.2 cm³/mol. The summed E-state index contributed by atoms with van der Waals surface area (Å²) in [4.78, 5) is 11.5. The molecule has 2 heterocycles. The van der Waals surface area contributed by atoms with Gasteiger partial charge in [-0.15, -0.1) is 5.10 Å². The number of hydrogen-bond donors (Lipinski definition) is 2. The van der Waals surface area contributed by atoms with E-state index in [-0.39, 0.29) is 0 Å². The largest absolute Gasteiger partial charge is 0.444 e. The highest BCUT2D eigenvalue weighted by molar-refractivity contribution is 5.67. The number of carbonyl (C=O) groups excluding carboxylic acids is 1. The van der Waals surface area contributed by atoms with Crippen LogP contribution in [0.25, 0.3) is 0 Å². The minimum absolute atomic E-state index is 0.328. The van der Waals surface area contributed by atoms with Crippen LogP contribution in [0.1, 0.15) is 45.3 Å². The summed E-state index contributed by atoms with van der Waals surface area (Å²) in [6.45, 7) is 7.81. The molecule has 1 amide bonds. The van der Waals surface area contributed by atoms with Crippen molar-refractivity contribution in [3.63, 3.8) is 0 Å². The molecule has 7 heteroatoms. The molecule has 1 aromatic rings. The van der Waals surface area contributed by atoms with Crippen molar-refractivity contribution >= 4 is 6.09 Å². The summed E-state index contributed by atoms with van der Waals surface area (Å²) in [5.74, 6) is 0. The van der Waals surface area contributed by atoms with Crippen molar-refractivity contribution in [2.45, 2.75) is 51.8 Å². The van der Waals surface area contributed by atoms with Crippen LogP contribution in [0.4, 0.5) is 4.79 Å². The summed E-state index contributed by atoms with van der Waals surface area (Å²) >= 11 is 0. The van der Waals surface area contributed by atoms with Gasteiger partial charge in [0.1, 0.15) is 11.3 Å². The lowest BCUT2D eigenvalue weighted by atomic mass is 10.1. The second-order valence-electron chi connectivity index (χ2n) is 6.05. The Labute approximate surface area is 119 Å². The van der Waals surface area contributed by atoms with Crippen molar-refractivity contribution < 1.29 is 9.53 Å². The minimum atomic E-state index is -0.491. The third kappa shape index (κ3) is 4.48. The highest BCUT2D eigenvalue weighted by atomic mass is 16.6. The second-order valence-corrected chi connectivity index (χ2v) is 6.05. The zero-order valence-electron chi connectivity index (χ0n) is 12.3. The Hall–Kier alpha value is -1.63. The molecule has 0 spiro atoms. The van der Waals surface area contributed by atoms with Crippen LogP contribution in [0.3, 0.4) is 0 Å². The van der Waals surface area contributed by atoms with Crippen molar-refractivity contribution in [1.29, 1.82) is 0 Å². The number of rotatable bonds is 3. The lowest BCUT2D eigenvalue weighted by Gasteiger charge is -2.22. The average molecular weight is 281 g/mol. The summed E-state index contributed by atoms with van der Waals surface area (Å²) in [6.07, 6.45) is 3.70. The van der Waals surface area contributed by atoms with Crippen molar-refractivity contribution in [3.8, 4) is 0 Å². The monoisotopic (exact) mass is 281 g/mol. The molecule has 1 atom stereocenters. The molecule has 1 aliphatic heterocycles. The van der Waals surface area contributed by atoms with E-state index in [2.05, 4.69) is 20.9 Å². The van der Waals surface area contributed by atoms with Gasteiger partial charge < -0.3 is 15.4 Å². The molecule has 1 unspecified atom stereocenters. The zero-order chi connectivity index (χ0) is 14.6. The van der Waals surface area contributed by atoms with Crippen LogP contribution in [0.15, 0.2) is 6.20 Å². The minimum Gasteiger partial charge on any atom is -0.444 e. The van der Waals surface area contributed by atoms with Crippen LogP contribution in [0.2, 0.25) is 0 Å². The fraction of sp³-hybridized carbons (Fsp3) is 0.769. The maximum Gasteiger partial charge on any atom is 0.407 e. The Morgan fingerprint density at radius 1 is 1.60 bits per heavy atom. The molecule has 1 aliphatic rings. The van der Waals surface area contributed by atoms with E-state index in [0.29, 0.717) is 12.6 Å². The number of nitrogens with one attached hydrogen (secondary N) is 2. The summed E-state index contributed by atoms with van der Waals surface area (Å²) in [5.41, 5.74) is 0.247. The van der Waals surface area contributed by atoms with Crippen LogP contribution < -0.4 is 10.6 Å². The van der Waals surface area contributed by atoms with Gasteiger partial charge in [0.2, 0.25) is 0 Å². The number of amides is 1. The van der Waals surface area contributed by atoms with Crippen molar-refractivity contribution in [3.05, 3.63) is 11.9 Å². The number of nitrogens with zero attached hydrogens (tertiary/aromatic N) is 3. The van der Waals surface area contributed by atoms with Crippen LogP contribution in [-0.4, -0.2) is 39.8 Å². The summed E-state index contributed by atoms with van der Waals surface area (Å²) < 4.78 is 7.04. The molecule has 0 bridgehead atoms. The van der Waals surface area contributed by atoms with E-state index in [1.165, 1.54) is 0 Å². The van der Waals surface area contributed by atoms with Gasteiger partial charge in [0.05, 0.1) is 18.8 Å². The first-order valence-electron chi connectivity index (χ1n) is 7.02. The quantitative estimate of drug-likeness (QED) is 0.871. The average Bonchev–Trinajstić information content (AvgIpc) is 2.84. The molecular weight excluding hydrogens is 258 g/mol. The fourth-order valence-corrected chi connectivity index (χ4v) is 2.11. The highest BCUT2D eigenvalue weighted by Crippen LogP contribution is 2.15. The number of piperidine rings is 1. The molecule has 1 saturated heterocycles. The molecule has 1 aromatic heterocycles. The van der Waals surface area contributed by atoms with Gasteiger partial charge >= 0.3 is 6.09 Å².